The van der Waals surface area contributed by atoms with Gasteiger partial charge in [-0.25, -0.2) is 4.98 Å². The lowest BCUT2D eigenvalue weighted by atomic mass is 10.2. The first kappa shape index (κ1) is 10.2. The van der Waals surface area contributed by atoms with Crippen molar-refractivity contribution in [2.45, 2.75) is 19.9 Å². The minimum atomic E-state index is 0.912. The highest BCUT2D eigenvalue weighted by atomic mass is 32.1. The van der Waals surface area contributed by atoms with Crippen LogP contribution >= 0.6 is 11.3 Å². The lowest BCUT2D eigenvalue weighted by molar-refractivity contribution is 0.701. The van der Waals surface area contributed by atoms with Crippen LogP contribution in [0.3, 0.4) is 0 Å². The van der Waals surface area contributed by atoms with Gasteiger partial charge in [-0.05, 0) is 35.7 Å². The maximum absolute atomic E-state index is 4.26. The van der Waals surface area contributed by atoms with E-state index >= 15 is 0 Å². The van der Waals surface area contributed by atoms with Crippen LogP contribution in [0.1, 0.15) is 12.5 Å². The van der Waals surface area contributed by atoms with Gasteiger partial charge in [0.25, 0.3) is 0 Å². The van der Waals surface area contributed by atoms with E-state index in [4.69, 9.17) is 0 Å². The van der Waals surface area contributed by atoms with Gasteiger partial charge in [-0.3, -0.25) is 0 Å². The third-order valence-electron chi connectivity index (χ3n) is 2.27. The van der Waals surface area contributed by atoms with E-state index < -0.39 is 0 Å². The second kappa shape index (κ2) is 4.98. The highest BCUT2D eigenvalue weighted by Crippen LogP contribution is 2.10. The lowest BCUT2D eigenvalue weighted by Crippen LogP contribution is -2.07. The fraction of sp³-hybridized carbons (Fsp3) is 0.364. The van der Waals surface area contributed by atoms with Gasteiger partial charge >= 0.3 is 0 Å². The number of thiophene rings is 1. The van der Waals surface area contributed by atoms with Crippen molar-refractivity contribution in [2.75, 3.05) is 11.9 Å². The Bertz CT molecular complexity index is 392. The molecule has 0 radical (unpaired) electrons. The van der Waals surface area contributed by atoms with E-state index in [2.05, 4.69) is 38.6 Å². The number of nitrogens with one attached hydrogen (secondary N) is 1. The minimum absolute atomic E-state index is 0.912. The SMILES string of the molecule is CCNc1nccn1CCc1ccsc1. The molecule has 2 heterocycles. The first-order chi connectivity index (χ1) is 7.40. The molecule has 0 amide bonds. The maximum Gasteiger partial charge on any atom is 0.202 e. The maximum atomic E-state index is 4.26. The van der Waals surface area contributed by atoms with Crippen LogP contribution in [0.5, 0.6) is 0 Å². The summed E-state index contributed by atoms with van der Waals surface area (Å²) in [4.78, 5) is 4.26. The molecule has 0 atom stereocenters. The molecule has 3 nitrogen and oxygen atoms in total. The number of aromatic nitrogens is 2. The molecule has 2 aromatic rings. The van der Waals surface area contributed by atoms with Gasteiger partial charge < -0.3 is 9.88 Å². The number of nitrogens with zero attached hydrogens (tertiary/aromatic N) is 2. The Morgan fingerprint density at radius 2 is 2.47 bits per heavy atom. The second-order valence-corrected chi connectivity index (χ2v) is 4.14. The molecule has 1 N–H and O–H groups in total. The van der Waals surface area contributed by atoms with Crippen LogP contribution in [0.2, 0.25) is 0 Å². The predicted octanol–water partition coefficient (Wildman–Crippen LogP) is 2.62. The van der Waals surface area contributed by atoms with Crippen molar-refractivity contribution in [3.63, 3.8) is 0 Å². The van der Waals surface area contributed by atoms with Gasteiger partial charge in [-0.1, -0.05) is 0 Å². The van der Waals surface area contributed by atoms with Crippen LogP contribution in [-0.4, -0.2) is 16.1 Å². The molecule has 15 heavy (non-hydrogen) atoms. The van der Waals surface area contributed by atoms with Crippen LogP contribution in [-0.2, 0) is 13.0 Å². The Balaban J connectivity index is 1.95. The number of anilines is 1. The number of hydrogen-bond donors (Lipinski definition) is 1. The van der Waals surface area contributed by atoms with E-state index in [-0.39, 0.29) is 0 Å². The molecule has 4 heteroatoms. The third kappa shape index (κ3) is 2.59. The number of hydrogen-bond acceptors (Lipinski definition) is 3. The molecule has 0 aromatic carbocycles. The van der Waals surface area contributed by atoms with Crippen molar-refractivity contribution < 1.29 is 0 Å². The zero-order chi connectivity index (χ0) is 10.5. The monoisotopic (exact) mass is 221 g/mol. The molecular formula is C11H15N3S. The van der Waals surface area contributed by atoms with E-state index in [1.807, 2.05) is 12.4 Å². The summed E-state index contributed by atoms with van der Waals surface area (Å²) in [6.07, 6.45) is 4.92. The summed E-state index contributed by atoms with van der Waals surface area (Å²) in [5.41, 5.74) is 1.40. The van der Waals surface area contributed by atoms with E-state index in [0.29, 0.717) is 0 Å². The second-order valence-electron chi connectivity index (χ2n) is 3.36. The quantitative estimate of drug-likeness (QED) is 0.841. The van der Waals surface area contributed by atoms with Gasteiger partial charge in [0, 0.05) is 25.5 Å². The molecular weight excluding hydrogens is 206 g/mol. The van der Waals surface area contributed by atoms with Crippen molar-refractivity contribution >= 4 is 17.3 Å². The standard InChI is InChI=1S/C11H15N3S/c1-2-12-11-13-5-7-14(11)6-3-10-4-8-15-9-10/h4-5,7-9H,2-3,6H2,1H3,(H,12,13). The molecule has 0 unspecified atom stereocenters. The summed E-state index contributed by atoms with van der Waals surface area (Å²) in [6, 6.07) is 2.18. The van der Waals surface area contributed by atoms with Gasteiger partial charge in [-0.15, -0.1) is 0 Å². The van der Waals surface area contributed by atoms with Gasteiger partial charge in [0.2, 0.25) is 5.95 Å². The van der Waals surface area contributed by atoms with Crippen molar-refractivity contribution in [2.24, 2.45) is 0 Å². The average molecular weight is 221 g/mol. The first-order valence-corrected chi connectivity index (χ1v) is 6.10. The molecule has 0 aliphatic rings. The highest BCUT2D eigenvalue weighted by molar-refractivity contribution is 7.07. The van der Waals surface area contributed by atoms with Crippen molar-refractivity contribution in [1.29, 1.82) is 0 Å². The van der Waals surface area contributed by atoms with Crippen molar-refractivity contribution in [3.05, 3.63) is 34.8 Å². The Morgan fingerprint density at radius 1 is 1.53 bits per heavy atom. The Morgan fingerprint density at radius 3 is 3.20 bits per heavy atom. The largest absolute Gasteiger partial charge is 0.356 e. The normalized spacial score (nSPS) is 10.5. The van der Waals surface area contributed by atoms with Crippen LogP contribution in [0.25, 0.3) is 0 Å². The number of rotatable bonds is 5. The molecule has 0 aliphatic carbocycles. The summed E-state index contributed by atoms with van der Waals surface area (Å²) in [6.45, 7) is 3.98. The van der Waals surface area contributed by atoms with Gasteiger partial charge in [0.15, 0.2) is 0 Å². The summed E-state index contributed by atoms with van der Waals surface area (Å²) in [5, 5.41) is 7.56. The van der Waals surface area contributed by atoms with E-state index in [9.17, 15) is 0 Å². The van der Waals surface area contributed by atoms with Crippen LogP contribution in [0.15, 0.2) is 29.2 Å². The van der Waals surface area contributed by atoms with Crippen LogP contribution < -0.4 is 5.32 Å². The summed E-state index contributed by atoms with van der Waals surface area (Å²) >= 11 is 1.75. The Kier molecular flexibility index (Phi) is 3.40. The zero-order valence-electron chi connectivity index (χ0n) is 8.81. The summed E-state index contributed by atoms with van der Waals surface area (Å²) in [5.74, 6) is 0.965. The fourth-order valence-corrected chi connectivity index (χ4v) is 2.20. The highest BCUT2D eigenvalue weighted by Gasteiger charge is 2.01. The van der Waals surface area contributed by atoms with E-state index in [1.165, 1.54) is 5.56 Å². The van der Waals surface area contributed by atoms with Gasteiger partial charge in [-0.2, -0.15) is 11.3 Å². The van der Waals surface area contributed by atoms with E-state index in [0.717, 1.165) is 25.5 Å². The third-order valence-corrected chi connectivity index (χ3v) is 3.00. The van der Waals surface area contributed by atoms with Crippen molar-refractivity contribution in [3.8, 4) is 0 Å². The molecule has 0 spiro atoms. The molecule has 80 valence electrons. The molecule has 0 bridgehead atoms. The molecule has 0 fully saturated rings. The number of aryl methyl sites for hydroxylation is 2. The minimum Gasteiger partial charge on any atom is -0.356 e. The Labute approximate surface area is 93.8 Å². The fourth-order valence-electron chi connectivity index (χ4n) is 1.50. The smallest absolute Gasteiger partial charge is 0.202 e. The molecule has 0 saturated carbocycles. The average Bonchev–Trinajstić information content (AvgIpc) is 2.85. The zero-order valence-corrected chi connectivity index (χ0v) is 9.63. The summed E-state index contributed by atoms with van der Waals surface area (Å²) < 4.78 is 2.15. The molecule has 0 aliphatic heterocycles. The van der Waals surface area contributed by atoms with E-state index in [1.54, 1.807) is 11.3 Å². The Hall–Kier alpha value is -1.29. The molecule has 0 saturated heterocycles. The first-order valence-electron chi connectivity index (χ1n) is 5.16. The van der Waals surface area contributed by atoms with Crippen LogP contribution in [0.4, 0.5) is 5.95 Å². The molecule has 2 aromatic heterocycles. The van der Waals surface area contributed by atoms with Crippen LogP contribution in [0, 0.1) is 0 Å². The summed E-state index contributed by atoms with van der Waals surface area (Å²) in [7, 11) is 0. The number of imidazole rings is 1. The lowest BCUT2D eigenvalue weighted by Gasteiger charge is -2.07. The van der Waals surface area contributed by atoms with Crippen molar-refractivity contribution in [1.82, 2.24) is 9.55 Å². The van der Waals surface area contributed by atoms with Gasteiger partial charge in [0.1, 0.15) is 0 Å². The molecule has 2 rings (SSSR count). The predicted molar refractivity (Wildman–Crippen MR) is 64.4 cm³/mol. The topological polar surface area (TPSA) is 29.9 Å². The van der Waals surface area contributed by atoms with Gasteiger partial charge in [0.05, 0.1) is 0 Å².